The van der Waals surface area contributed by atoms with E-state index in [-0.39, 0.29) is 11.3 Å². The van der Waals surface area contributed by atoms with Crippen molar-refractivity contribution in [3.8, 4) is 5.75 Å². The topological polar surface area (TPSA) is 46.2 Å². The minimum absolute atomic E-state index is 0.0860. The van der Waals surface area contributed by atoms with Gasteiger partial charge in [-0.15, -0.1) is 0 Å². The Morgan fingerprint density at radius 3 is 2.73 bits per heavy atom. The Morgan fingerprint density at radius 2 is 2.13 bits per heavy atom. The largest absolute Gasteiger partial charge is 0.505 e. The molecule has 15 heavy (non-hydrogen) atoms. The number of benzene rings is 1. The van der Waals surface area contributed by atoms with Crippen LogP contribution < -0.4 is 5.73 Å². The van der Waals surface area contributed by atoms with Crippen LogP contribution in [0.4, 0.5) is 4.39 Å². The van der Waals surface area contributed by atoms with Gasteiger partial charge < -0.3 is 10.8 Å². The molecule has 2 nitrogen and oxygen atoms in total. The molecule has 1 aromatic rings. The van der Waals surface area contributed by atoms with Crippen molar-refractivity contribution in [1.82, 2.24) is 0 Å². The first kappa shape index (κ1) is 10.9. The van der Waals surface area contributed by atoms with E-state index in [0.717, 1.165) is 19.3 Å². The Bertz CT molecular complexity index is 390. The SMILES string of the molecule is NC1(CCc2c(Br)ccc(O)c2F)CC1. The summed E-state index contributed by atoms with van der Waals surface area (Å²) in [6.07, 6.45) is 3.37. The fourth-order valence-corrected chi connectivity index (χ4v) is 2.10. The Balaban J connectivity index is 2.16. The highest BCUT2D eigenvalue weighted by Gasteiger charge is 2.37. The first-order valence-corrected chi connectivity index (χ1v) is 5.76. The Labute approximate surface area is 96.4 Å². The van der Waals surface area contributed by atoms with E-state index >= 15 is 0 Å². The quantitative estimate of drug-likeness (QED) is 0.890. The predicted molar refractivity (Wildman–Crippen MR) is 60.2 cm³/mol. The molecule has 0 aliphatic heterocycles. The molecule has 0 amide bonds. The van der Waals surface area contributed by atoms with Crippen molar-refractivity contribution in [3.05, 3.63) is 28.0 Å². The maximum absolute atomic E-state index is 13.5. The molecule has 0 saturated heterocycles. The van der Waals surface area contributed by atoms with Crippen LogP contribution in [0.25, 0.3) is 0 Å². The molecule has 82 valence electrons. The normalized spacial score (nSPS) is 17.8. The molecule has 1 aliphatic carbocycles. The summed E-state index contributed by atoms with van der Waals surface area (Å²) in [6, 6.07) is 3.00. The number of rotatable bonds is 3. The highest BCUT2D eigenvalue weighted by molar-refractivity contribution is 9.10. The zero-order valence-electron chi connectivity index (χ0n) is 8.26. The van der Waals surface area contributed by atoms with Gasteiger partial charge in [-0.1, -0.05) is 15.9 Å². The van der Waals surface area contributed by atoms with E-state index in [9.17, 15) is 9.50 Å². The molecule has 4 heteroatoms. The van der Waals surface area contributed by atoms with Gasteiger partial charge in [-0.25, -0.2) is 4.39 Å². The van der Waals surface area contributed by atoms with Crippen LogP contribution in [0.2, 0.25) is 0 Å². The summed E-state index contributed by atoms with van der Waals surface area (Å²) >= 11 is 3.28. The van der Waals surface area contributed by atoms with E-state index in [1.54, 1.807) is 6.07 Å². The van der Waals surface area contributed by atoms with Crippen molar-refractivity contribution in [2.45, 2.75) is 31.2 Å². The molecule has 1 fully saturated rings. The van der Waals surface area contributed by atoms with Crippen LogP contribution in [-0.2, 0) is 6.42 Å². The van der Waals surface area contributed by atoms with Gasteiger partial charge in [0.25, 0.3) is 0 Å². The molecule has 0 spiro atoms. The van der Waals surface area contributed by atoms with Gasteiger partial charge in [0.2, 0.25) is 0 Å². The van der Waals surface area contributed by atoms with Gasteiger partial charge in [-0.3, -0.25) is 0 Å². The van der Waals surface area contributed by atoms with Crippen molar-refractivity contribution in [3.63, 3.8) is 0 Å². The maximum Gasteiger partial charge on any atom is 0.169 e. The van der Waals surface area contributed by atoms with Crippen molar-refractivity contribution in [2.24, 2.45) is 5.73 Å². The summed E-state index contributed by atoms with van der Waals surface area (Å²) in [5.74, 6) is -0.830. The predicted octanol–water partition coefficient (Wildman–Crippen LogP) is 2.72. The zero-order chi connectivity index (χ0) is 11.1. The van der Waals surface area contributed by atoms with Gasteiger partial charge in [0.15, 0.2) is 11.6 Å². The van der Waals surface area contributed by atoms with Gasteiger partial charge in [0.1, 0.15) is 0 Å². The van der Waals surface area contributed by atoms with Crippen molar-refractivity contribution >= 4 is 15.9 Å². The van der Waals surface area contributed by atoms with Crippen LogP contribution in [0, 0.1) is 5.82 Å². The third-order valence-electron chi connectivity index (χ3n) is 2.93. The standard InChI is InChI=1S/C11H13BrFNO/c12-8-1-2-9(15)10(13)7(8)3-4-11(14)5-6-11/h1-2,15H,3-6,14H2. The number of halogens is 2. The fourth-order valence-electron chi connectivity index (χ4n) is 1.60. The Morgan fingerprint density at radius 1 is 1.47 bits per heavy atom. The van der Waals surface area contributed by atoms with Gasteiger partial charge in [-0.2, -0.15) is 0 Å². The summed E-state index contributed by atoms with van der Waals surface area (Å²) in [5.41, 5.74) is 6.37. The lowest BCUT2D eigenvalue weighted by atomic mass is 10.0. The van der Waals surface area contributed by atoms with Crippen molar-refractivity contribution in [2.75, 3.05) is 0 Å². The van der Waals surface area contributed by atoms with E-state index in [1.165, 1.54) is 6.07 Å². The monoisotopic (exact) mass is 273 g/mol. The average Bonchev–Trinajstić information content (AvgIpc) is 2.91. The second-order valence-corrected chi connectivity index (χ2v) is 5.08. The second-order valence-electron chi connectivity index (χ2n) is 4.22. The molecular weight excluding hydrogens is 261 g/mol. The Kier molecular flexibility index (Phi) is 2.73. The zero-order valence-corrected chi connectivity index (χ0v) is 9.85. The van der Waals surface area contributed by atoms with E-state index < -0.39 is 5.82 Å². The summed E-state index contributed by atoms with van der Waals surface area (Å²) in [7, 11) is 0. The molecule has 2 rings (SSSR count). The lowest BCUT2D eigenvalue weighted by Gasteiger charge is -2.11. The number of aromatic hydroxyl groups is 1. The summed E-state index contributed by atoms with van der Waals surface area (Å²) in [4.78, 5) is 0. The van der Waals surface area contributed by atoms with E-state index in [2.05, 4.69) is 15.9 Å². The highest BCUT2D eigenvalue weighted by atomic mass is 79.9. The lowest BCUT2D eigenvalue weighted by Crippen LogP contribution is -2.22. The van der Waals surface area contributed by atoms with Crippen LogP contribution in [0.15, 0.2) is 16.6 Å². The Hall–Kier alpha value is -0.610. The third-order valence-corrected chi connectivity index (χ3v) is 3.67. The first-order chi connectivity index (χ1) is 7.02. The summed E-state index contributed by atoms with van der Waals surface area (Å²) in [5, 5.41) is 9.24. The molecule has 0 unspecified atom stereocenters. The first-order valence-electron chi connectivity index (χ1n) is 4.97. The van der Waals surface area contributed by atoms with Gasteiger partial charge in [0.05, 0.1) is 0 Å². The van der Waals surface area contributed by atoms with Crippen LogP contribution >= 0.6 is 15.9 Å². The minimum Gasteiger partial charge on any atom is -0.505 e. The molecule has 3 N–H and O–H groups in total. The van der Waals surface area contributed by atoms with Crippen LogP contribution in [0.3, 0.4) is 0 Å². The molecule has 1 aliphatic rings. The van der Waals surface area contributed by atoms with Crippen molar-refractivity contribution in [1.29, 1.82) is 0 Å². The van der Waals surface area contributed by atoms with E-state index in [4.69, 9.17) is 5.73 Å². The number of nitrogens with two attached hydrogens (primary N) is 1. The van der Waals surface area contributed by atoms with Crippen LogP contribution in [0.1, 0.15) is 24.8 Å². The van der Waals surface area contributed by atoms with E-state index in [0.29, 0.717) is 16.5 Å². The van der Waals surface area contributed by atoms with Gasteiger partial charge >= 0.3 is 0 Å². The van der Waals surface area contributed by atoms with Crippen LogP contribution in [-0.4, -0.2) is 10.6 Å². The number of hydrogen-bond acceptors (Lipinski definition) is 2. The average molecular weight is 274 g/mol. The third kappa shape index (κ3) is 2.32. The molecular formula is C11H13BrFNO. The number of hydrogen-bond donors (Lipinski definition) is 2. The summed E-state index contributed by atoms with van der Waals surface area (Å²) < 4.78 is 14.2. The van der Waals surface area contributed by atoms with E-state index in [1.807, 2.05) is 0 Å². The summed E-state index contributed by atoms with van der Waals surface area (Å²) in [6.45, 7) is 0. The van der Waals surface area contributed by atoms with Gasteiger partial charge in [-0.05, 0) is 37.8 Å². The molecule has 0 aromatic heterocycles. The molecule has 1 saturated carbocycles. The lowest BCUT2D eigenvalue weighted by molar-refractivity contribution is 0.426. The number of phenolic OH excluding ortho intramolecular Hbond substituents is 1. The van der Waals surface area contributed by atoms with Crippen LogP contribution in [0.5, 0.6) is 5.75 Å². The maximum atomic E-state index is 13.5. The molecule has 0 radical (unpaired) electrons. The van der Waals surface area contributed by atoms with Gasteiger partial charge in [0, 0.05) is 15.6 Å². The smallest absolute Gasteiger partial charge is 0.169 e. The second kappa shape index (κ2) is 3.76. The number of phenols is 1. The fraction of sp³-hybridized carbons (Fsp3) is 0.455. The minimum atomic E-state index is -0.534. The molecule has 1 aromatic carbocycles. The molecule has 0 bridgehead atoms. The molecule has 0 atom stereocenters. The van der Waals surface area contributed by atoms with Crippen molar-refractivity contribution < 1.29 is 9.50 Å². The highest BCUT2D eigenvalue weighted by Crippen LogP contribution is 2.38. The molecule has 0 heterocycles.